The van der Waals surface area contributed by atoms with E-state index in [2.05, 4.69) is 54.5 Å². The SMILES string of the molecule is C#CC[C]1[C]2C=CC=C[C]2[C]2C=CC=C[C]21. The van der Waals surface area contributed by atoms with Crippen molar-refractivity contribution in [2.24, 2.45) is 0 Å². The topological polar surface area (TPSA) is 0 Å². The lowest BCUT2D eigenvalue weighted by atomic mass is 9.83. The zero-order chi connectivity index (χ0) is 11.0. The molecule has 0 aromatic rings. The van der Waals surface area contributed by atoms with Crippen LogP contribution in [0, 0.1) is 41.9 Å². The van der Waals surface area contributed by atoms with Gasteiger partial charge in [-0.2, -0.15) is 0 Å². The van der Waals surface area contributed by atoms with Gasteiger partial charge in [-0.1, -0.05) is 48.6 Å². The zero-order valence-corrected chi connectivity index (χ0v) is 8.90. The van der Waals surface area contributed by atoms with Crippen LogP contribution in [0.15, 0.2) is 48.6 Å². The predicted octanol–water partition coefficient (Wildman–Crippen LogP) is 3.15. The summed E-state index contributed by atoms with van der Waals surface area (Å²) in [7, 11) is 0. The Morgan fingerprint density at radius 3 is 1.62 bits per heavy atom. The Bertz CT molecular complexity index is 393. The lowest BCUT2D eigenvalue weighted by Gasteiger charge is -2.19. The molecular weight excluding hydrogens is 192 g/mol. The molecule has 75 valence electrons. The van der Waals surface area contributed by atoms with Gasteiger partial charge in [0.15, 0.2) is 0 Å². The molecule has 0 bridgehead atoms. The van der Waals surface area contributed by atoms with Crippen molar-refractivity contribution in [3.05, 3.63) is 78.2 Å². The Morgan fingerprint density at radius 1 is 0.750 bits per heavy atom. The summed E-state index contributed by atoms with van der Waals surface area (Å²) in [5.41, 5.74) is 0. The van der Waals surface area contributed by atoms with E-state index in [0.29, 0.717) is 6.42 Å². The van der Waals surface area contributed by atoms with Gasteiger partial charge >= 0.3 is 0 Å². The maximum absolute atomic E-state index is 5.45. The molecular formula is C16H11. The highest BCUT2D eigenvalue weighted by molar-refractivity contribution is 5.76. The fourth-order valence-electron chi connectivity index (χ4n) is 2.40. The molecule has 0 aromatic carbocycles. The molecule has 0 spiro atoms. The molecule has 3 aliphatic carbocycles. The second-order valence-corrected chi connectivity index (χ2v) is 3.95. The van der Waals surface area contributed by atoms with E-state index >= 15 is 0 Å². The smallest absolute Gasteiger partial charge is 0.0209 e. The standard InChI is InChI=1S/C16H11/c1-2-7-12-13-8-3-5-10-15(13)16-11-6-4-9-14(12)16/h1,3-6,8-11H,7H2. The van der Waals surface area contributed by atoms with Crippen molar-refractivity contribution in [3.8, 4) is 12.3 Å². The molecule has 0 heteroatoms. The maximum atomic E-state index is 5.45. The van der Waals surface area contributed by atoms with Gasteiger partial charge in [0, 0.05) is 36.0 Å². The summed E-state index contributed by atoms with van der Waals surface area (Å²) in [5.74, 6) is 9.24. The van der Waals surface area contributed by atoms with Gasteiger partial charge in [0.1, 0.15) is 0 Å². The van der Waals surface area contributed by atoms with E-state index in [1.165, 1.54) is 29.6 Å². The van der Waals surface area contributed by atoms with Gasteiger partial charge in [-0.05, 0) is 0 Å². The fraction of sp³-hybridized carbons (Fsp3) is 0.0625. The van der Waals surface area contributed by atoms with Gasteiger partial charge in [-0.25, -0.2) is 0 Å². The fourth-order valence-corrected chi connectivity index (χ4v) is 2.40. The molecule has 5 radical (unpaired) electrons. The summed E-state index contributed by atoms with van der Waals surface area (Å²) >= 11 is 0. The van der Waals surface area contributed by atoms with Gasteiger partial charge < -0.3 is 0 Å². The minimum Gasteiger partial charge on any atom is -0.120 e. The molecule has 3 aliphatic rings. The lowest BCUT2D eigenvalue weighted by Crippen LogP contribution is -2.09. The van der Waals surface area contributed by atoms with Crippen LogP contribution in [0.5, 0.6) is 0 Å². The Hall–Kier alpha value is -1.48. The first-order valence-corrected chi connectivity index (χ1v) is 5.40. The molecule has 0 aromatic heterocycles. The summed E-state index contributed by atoms with van der Waals surface area (Å²) in [6, 6.07) is 0. The van der Waals surface area contributed by atoms with E-state index < -0.39 is 0 Å². The van der Waals surface area contributed by atoms with Crippen LogP contribution in [0.3, 0.4) is 0 Å². The van der Waals surface area contributed by atoms with Crippen molar-refractivity contribution >= 4 is 0 Å². The molecule has 0 heterocycles. The van der Waals surface area contributed by atoms with E-state index in [9.17, 15) is 0 Å². The number of allylic oxidation sites excluding steroid dienone is 8. The van der Waals surface area contributed by atoms with E-state index in [1.54, 1.807) is 0 Å². The Morgan fingerprint density at radius 2 is 1.19 bits per heavy atom. The molecule has 3 rings (SSSR count). The average Bonchev–Trinajstić information content (AvgIpc) is 2.66. The molecule has 1 fully saturated rings. The van der Waals surface area contributed by atoms with Gasteiger partial charge in [0.25, 0.3) is 0 Å². The zero-order valence-electron chi connectivity index (χ0n) is 8.90. The second-order valence-electron chi connectivity index (χ2n) is 3.95. The van der Waals surface area contributed by atoms with Crippen molar-refractivity contribution in [1.82, 2.24) is 0 Å². The largest absolute Gasteiger partial charge is 0.120 e. The lowest BCUT2D eigenvalue weighted by molar-refractivity contribution is 0.992. The van der Waals surface area contributed by atoms with Crippen molar-refractivity contribution in [2.45, 2.75) is 6.42 Å². The first-order valence-electron chi connectivity index (χ1n) is 5.40. The maximum Gasteiger partial charge on any atom is 0.0209 e. The third kappa shape index (κ3) is 1.32. The quantitative estimate of drug-likeness (QED) is 0.574. The van der Waals surface area contributed by atoms with Crippen LogP contribution in [-0.2, 0) is 0 Å². The van der Waals surface area contributed by atoms with Crippen molar-refractivity contribution < 1.29 is 0 Å². The van der Waals surface area contributed by atoms with Crippen LogP contribution in [0.4, 0.5) is 0 Å². The average molecular weight is 203 g/mol. The third-order valence-corrected chi connectivity index (χ3v) is 3.07. The van der Waals surface area contributed by atoms with Crippen molar-refractivity contribution in [1.29, 1.82) is 0 Å². The molecule has 0 N–H and O–H groups in total. The summed E-state index contributed by atoms with van der Waals surface area (Å²) in [6.07, 6.45) is 23.1. The molecule has 0 atom stereocenters. The third-order valence-electron chi connectivity index (χ3n) is 3.07. The normalized spacial score (nSPS) is 25.9. The summed E-state index contributed by atoms with van der Waals surface area (Å²) in [4.78, 5) is 0. The van der Waals surface area contributed by atoms with Gasteiger partial charge in [0.05, 0.1) is 0 Å². The highest BCUT2D eigenvalue weighted by atomic mass is 14.5. The summed E-state index contributed by atoms with van der Waals surface area (Å²) < 4.78 is 0. The Labute approximate surface area is 97.4 Å². The van der Waals surface area contributed by atoms with Crippen LogP contribution < -0.4 is 0 Å². The number of rotatable bonds is 1. The van der Waals surface area contributed by atoms with Gasteiger partial charge in [-0.3, -0.25) is 0 Å². The van der Waals surface area contributed by atoms with Crippen LogP contribution in [0.2, 0.25) is 0 Å². The van der Waals surface area contributed by atoms with E-state index in [-0.39, 0.29) is 0 Å². The highest BCUT2D eigenvalue weighted by Crippen LogP contribution is 2.58. The monoisotopic (exact) mass is 203 g/mol. The molecule has 0 saturated heterocycles. The number of hydrogen-bond donors (Lipinski definition) is 0. The summed E-state index contributed by atoms with van der Waals surface area (Å²) in [6.45, 7) is 0. The number of hydrogen-bond acceptors (Lipinski definition) is 0. The first-order chi connectivity index (χ1) is 7.92. The van der Waals surface area contributed by atoms with Gasteiger partial charge in [-0.15, -0.1) is 12.3 Å². The van der Waals surface area contributed by atoms with E-state index in [1.807, 2.05) is 0 Å². The molecule has 16 heavy (non-hydrogen) atoms. The molecule has 0 nitrogen and oxygen atoms in total. The molecule has 1 saturated carbocycles. The van der Waals surface area contributed by atoms with Gasteiger partial charge in [0.2, 0.25) is 0 Å². The van der Waals surface area contributed by atoms with Crippen molar-refractivity contribution in [3.63, 3.8) is 0 Å². The van der Waals surface area contributed by atoms with E-state index in [0.717, 1.165) is 0 Å². The molecule has 0 amide bonds. The number of terminal acetylenes is 1. The summed E-state index contributed by atoms with van der Waals surface area (Å²) in [5, 5.41) is 0. The Balaban J connectivity index is 1.97. The Kier molecular flexibility index (Phi) is 2.33. The molecule has 0 aliphatic heterocycles. The second kappa shape index (κ2) is 3.83. The molecule has 0 unspecified atom stereocenters. The van der Waals surface area contributed by atoms with Crippen LogP contribution in [0.25, 0.3) is 0 Å². The van der Waals surface area contributed by atoms with Crippen molar-refractivity contribution in [2.75, 3.05) is 0 Å². The first kappa shape index (κ1) is 9.73. The predicted molar refractivity (Wildman–Crippen MR) is 66.2 cm³/mol. The number of fused-ring (bicyclic) bond motifs is 3. The highest BCUT2D eigenvalue weighted by Gasteiger charge is 2.48. The van der Waals surface area contributed by atoms with Crippen LogP contribution >= 0.6 is 0 Å². The minimum absolute atomic E-state index is 0.702. The minimum atomic E-state index is 0.702. The van der Waals surface area contributed by atoms with Crippen LogP contribution in [0.1, 0.15) is 6.42 Å². The van der Waals surface area contributed by atoms with E-state index in [4.69, 9.17) is 6.42 Å². The van der Waals surface area contributed by atoms with Crippen LogP contribution in [-0.4, -0.2) is 0 Å².